The molecule has 0 saturated carbocycles. The lowest BCUT2D eigenvalue weighted by molar-refractivity contribution is -0.383. The number of nitrogens with two attached hydrogens (primary N) is 3. The van der Waals surface area contributed by atoms with Crippen molar-refractivity contribution in [3.63, 3.8) is 0 Å². The first-order valence-corrected chi connectivity index (χ1v) is 8.61. The number of nitro benzene ring substituents is 1. The highest BCUT2D eigenvalue weighted by Crippen LogP contribution is 2.26. The summed E-state index contributed by atoms with van der Waals surface area (Å²) in [6, 6.07) is 10.3. The Morgan fingerprint density at radius 3 is 1.77 bits per heavy atom. The van der Waals surface area contributed by atoms with Gasteiger partial charge in [-0.1, -0.05) is 0 Å². The monoisotopic (exact) mass is 338 g/mol. The molecule has 0 fully saturated rings. The van der Waals surface area contributed by atoms with Crippen molar-refractivity contribution in [1.29, 1.82) is 0 Å². The molecule has 118 valence electrons. The molecule has 0 saturated heterocycles. The van der Waals surface area contributed by atoms with Gasteiger partial charge in [0.1, 0.15) is 5.69 Å². The fraction of sp³-hybridized carbons (Fsp3) is 0.143. The van der Waals surface area contributed by atoms with Gasteiger partial charge in [-0.05, 0) is 42.8 Å². The fourth-order valence-electron chi connectivity index (χ4n) is 1.51. The highest BCUT2D eigenvalue weighted by atomic mass is 32.2. The number of anilines is 3. The van der Waals surface area contributed by atoms with Crippen molar-refractivity contribution in [2.45, 2.75) is 9.79 Å². The van der Waals surface area contributed by atoms with E-state index in [1.54, 1.807) is 23.9 Å². The maximum Gasteiger partial charge on any atom is 0.292 e. The van der Waals surface area contributed by atoms with Crippen molar-refractivity contribution in [3.8, 4) is 0 Å². The van der Waals surface area contributed by atoms with Gasteiger partial charge >= 0.3 is 0 Å². The van der Waals surface area contributed by atoms with E-state index in [2.05, 4.69) is 0 Å². The van der Waals surface area contributed by atoms with Crippen LogP contribution in [0.25, 0.3) is 0 Å². The minimum absolute atomic E-state index is 0.0344. The average molecular weight is 338 g/mol. The van der Waals surface area contributed by atoms with Gasteiger partial charge in [0.2, 0.25) is 0 Å². The first-order chi connectivity index (χ1) is 10.4. The molecule has 2 aromatic rings. The highest BCUT2D eigenvalue weighted by molar-refractivity contribution is 7.98. The summed E-state index contributed by atoms with van der Waals surface area (Å²) in [7, 11) is 0. The number of benzene rings is 2. The molecule has 0 atom stereocenters. The van der Waals surface area contributed by atoms with E-state index in [-0.39, 0.29) is 11.4 Å². The summed E-state index contributed by atoms with van der Waals surface area (Å²) < 4.78 is 0. The van der Waals surface area contributed by atoms with Crippen molar-refractivity contribution in [3.05, 3.63) is 46.5 Å². The third kappa shape index (κ3) is 5.05. The van der Waals surface area contributed by atoms with Crippen LogP contribution in [-0.2, 0) is 0 Å². The van der Waals surface area contributed by atoms with Gasteiger partial charge in [0.15, 0.2) is 0 Å². The predicted octanol–water partition coefficient (Wildman–Crippen LogP) is 3.47. The molecular weight excluding hydrogens is 320 g/mol. The summed E-state index contributed by atoms with van der Waals surface area (Å²) >= 11 is 3.16. The lowest BCUT2D eigenvalue weighted by Gasteiger charge is -2.00. The maximum atomic E-state index is 10.3. The van der Waals surface area contributed by atoms with Crippen LogP contribution in [0.1, 0.15) is 0 Å². The lowest BCUT2D eigenvalue weighted by atomic mass is 10.3. The van der Waals surface area contributed by atoms with Crippen molar-refractivity contribution in [2.24, 2.45) is 0 Å². The smallest absolute Gasteiger partial charge is 0.292 e. The molecule has 0 spiro atoms. The van der Waals surface area contributed by atoms with Gasteiger partial charge in [-0.3, -0.25) is 10.1 Å². The topological polar surface area (TPSA) is 121 Å². The number of thioether (sulfide) groups is 2. The van der Waals surface area contributed by atoms with E-state index in [1.807, 2.05) is 30.7 Å². The van der Waals surface area contributed by atoms with E-state index in [4.69, 9.17) is 17.2 Å². The van der Waals surface area contributed by atoms with Crippen LogP contribution in [0.5, 0.6) is 0 Å². The number of hydrogen-bond donors (Lipinski definition) is 3. The number of nitrogens with zero attached hydrogens (tertiary/aromatic N) is 1. The first-order valence-electron chi connectivity index (χ1n) is 6.16. The van der Waals surface area contributed by atoms with E-state index >= 15 is 0 Å². The molecular formula is C14H18N4O2S2. The van der Waals surface area contributed by atoms with Gasteiger partial charge in [-0.15, -0.1) is 23.5 Å². The molecule has 0 aromatic heterocycles. The molecule has 8 heteroatoms. The molecule has 0 aliphatic heterocycles. The van der Waals surface area contributed by atoms with Crippen molar-refractivity contribution >= 4 is 46.3 Å². The quantitative estimate of drug-likeness (QED) is 0.339. The molecule has 0 aliphatic carbocycles. The Kier molecular flexibility index (Phi) is 6.87. The number of rotatable bonds is 3. The second-order valence-corrected chi connectivity index (χ2v) is 5.94. The summed E-state index contributed by atoms with van der Waals surface area (Å²) in [4.78, 5) is 11.9. The van der Waals surface area contributed by atoms with Gasteiger partial charge in [-0.25, -0.2) is 0 Å². The van der Waals surface area contributed by atoms with Crippen LogP contribution in [0.4, 0.5) is 22.7 Å². The predicted molar refractivity (Wildman–Crippen MR) is 96.3 cm³/mol. The van der Waals surface area contributed by atoms with Crippen LogP contribution in [0.15, 0.2) is 46.2 Å². The van der Waals surface area contributed by atoms with Crippen LogP contribution in [0.3, 0.4) is 0 Å². The Morgan fingerprint density at radius 2 is 1.36 bits per heavy atom. The van der Waals surface area contributed by atoms with E-state index < -0.39 is 4.92 Å². The van der Waals surface area contributed by atoms with Crippen LogP contribution < -0.4 is 17.2 Å². The van der Waals surface area contributed by atoms with E-state index in [0.29, 0.717) is 11.4 Å². The molecule has 0 radical (unpaired) electrons. The Morgan fingerprint density at radius 1 is 0.864 bits per heavy atom. The molecule has 0 aliphatic rings. The molecule has 0 bridgehead atoms. The van der Waals surface area contributed by atoms with Crippen LogP contribution in [0.2, 0.25) is 0 Å². The molecule has 0 amide bonds. The summed E-state index contributed by atoms with van der Waals surface area (Å²) in [5.74, 6) is 0. The van der Waals surface area contributed by atoms with Crippen molar-refractivity contribution in [2.75, 3.05) is 29.7 Å². The summed E-state index contributed by atoms with van der Waals surface area (Å²) in [5, 5.41) is 10.3. The Bertz CT molecular complexity index is 665. The van der Waals surface area contributed by atoms with Crippen LogP contribution in [0, 0.1) is 10.1 Å². The Balaban J connectivity index is 0.000000224. The lowest BCUT2D eigenvalue weighted by Crippen LogP contribution is -1.94. The third-order valence-corrected chi connectivity index (χ3v) is 4.18. The maximum absolute atomic E-state index is 10.3. The minimum atomic E-state index is -0.487. The van der Waals surface area contributed by atoms with Crippen molar-refractivity contribution < 1.29 is 4.92 Å². The zero-order valence-electron chi connectivity index (χ0n) is 12.3. The van der Waals surface area contributed by atoms with Gasteiger partial charge in [0, 0.05) is 15.9 Å². The van der Waals surface area contributed by atoms with Crippen LogP contribution >= 0.6 is 23.5 Å². The molecule has 2 aromatic carbocycles. The number of hydrogen-bond acceptors (Lipinski definition) is 7. The average Bonchev–Trinajstić information content (AvgIpc) is 2.50. The van der Waals surface area contributed by atoms with E-state index in [1.165, 1.54) is 17.8 Å². The zero-order chi connectivity index (χ0) is 16.7. The van der Waals surface area contributed by atoms with Gasteiger partial charge in [0.05, 0.1) is 16.3 Å². The molecule has 0 unspecified atom stereocenters. The molecule has 0 heterocycles. The van der Waals surface area contributed by atoms with Gasteiger partial charge in [-0.2, -0.15) is 0 Å². The summed E-state index contributed by atoms with van der Waals surface area (Å²) in [6.07, 6.45) is 3.89. The normalized spacial score (nSPS) is 9.73. The Labute approximate surface area is 137 Å². The fourth-order valence-corrected chi connectivity index (χ4v) is 2.40. The first kappa shape index (κ1) is 18.0. The summed E-state index contributed by atoms with van der Waals surface area (Å²) in [5.41, 5.74) is 18.0. The second-order valence-electron chi connectivity index (χ2n) is 4.18. The Hall–Kier alpha value is -2.06. The second kappa shape index (κ2) is 8.40. The minimum Gasteiger partial charge on any atom is -0.397 e. The molecule has 6 nitrogen and oxygen atoms in total. The standard InChI is InChI=1S/C7H8N2O2S.C7H10N2S/c1-12-5-2-3-7(9(10)11)6(8)4-5;1-10-5-2-3-6(8)7(9)4-5/h2-4H,8H2,1H3;2-4H,8-9H2,1H3. The van der Waals surface area contributed by atoms with Crippen LogP contribution in [-0.4, -0.2) is 17.4 Å². The SMILES string of the molecule is CSc1ccc(N)c(N)c1.CSc1ccc([N+](=O)[O-])c(N)c1. The summed E-state index contributed by atoms with van der Waals surface area (Å²) in [6.45, 7) is 0. The molecule has 22 heavy (non-hydrogen) atoms. The van der Waals surface area contributed by atoms with E-state index in [0.717, 1.165) is 9.79 Å². The molecule has 2 rings (SSSR count). The van der Waals surface area contributed by atoms with Gasteiger partial charge in [0.25, 0.3) is 5.69 Å². The van der Waals surface area contributed by atoms with Crippen molar-refractivity contribution in [1.82, 2.24) is 0 Å². The zero-order valence-corrected chi connectivity index (χ0v) is 13.9. The van der Waals surface area contributed by atoms with Gasteiger partial charge < -0.3 is 17.2 Å². The third-order valence-electron chi connectivity index (χ3n) is 2.73. The highest BCUT2D eigenvalue weighted by Gasteiger charge is 2.10. The molecule has 6 N–H and O–H groups in total. The largest absolute Gasteiger partial charge is 0.397 e. The number of nitro groups is 1. The number of nitrogen functional groups attached to an aromatic ring is 3. The van der Waals surface area contributed by atoms with E-state index in [9.17, 15) is 10.1 Å².